The van der Waals surface area contributed by atoms with Gasteiger partial charge in [0, 0.05) is 19.1 Å². The second kappa shape index (κ2) is 6.12. The zero-order valence-corrected chi connectivity index (χ0v) is 12.5. The van der Waals surface area contributed by atoms with Gasteiger partial charge in [0.15, 0.2) is 0 Å². The van der Waals surface area contributed by atoms with Gasteiger partial charge in [-0.1, -0.05) is 12.1 Å². The van der Waals surface area contributed by atoms with E-state index in [0.717, 1.165) is 17.6 Å². The maximum absolute atomic E-state index is 5.31. The standard InChI is InChI=1S/C15H22N2O.ClH/c1-11(12-4-3-5-15(6-12)18-2)17-9-13-7-16-8-14(13)10-17;/h3-6,11,13-14,16H,7-10H2,1-2H3;1H/t11?,13-,14+;. The van der Waals surface area contributed by atoms with Crippen LogP contribution in [-0.4, -0.2) is 38.2 Å². The van der Waals surface area contributed by atoms with Gasteiger partial charge < -0.3 is 10.1 Å². The molecule has 1 unspecified atom stereocenters. The van der Waals surface area contributed by atoms with Crippen molar-refractivity contribution in [3.8, 4) is 5.75 Å². The van der Waals surface area contributed by atoms with Crippen molar-refractivity contribution in [1.29, 1.82) is 0 Å². The van der Waals surface area contributed by atoms with Crippen molar-refractivity contribution in [2.45, 2.75) is 13.0 Å². The Morgan fingerprint density at radius 2 is 1.95 bits per heavy atom. The summed E-state index contributed by atoms with van der Waals surface area (Å²) in [6.45, 7) is 7.17. The molecule has 0 aromatic heterocycles. The van der Waals surface area contributed by atoms with E-state index in [0.29, 0.717) is 6.04 Å². The predicted molar refractivity (Wildman–Crippen MR) is 80.1 cm³/mol. The van der Waals surface area contributed by atoms with E-state index in [1.807, 2.05) is 6.07 Å². The Morgan fingerprint density at radius 3 is 2.58 bits per heavy atom. The maximum Gasteiger partial charge on any atom is 0.119 e. The average Bonchev–Trinajstić information content (AvgIpc) is 2.98. The Morgan fingerprint density at radius 1 is 1.26 bits per heavy atom. The van der Waals surface area contributed by atoms with Crippen LogP contribution in [0.2, 0.25) is 0 Å². The lowest BCUT2D eigenvalue weighted by Crippen LogP contribution is -2.28. The van der Waals surface area contributed by atoms with Crippen LogP contribution in [0.1, 0.15) is 18.5 Å². The Balaban J connectivity index is 0.00000133. The molecule has 3 nitrogen and oxygen atoms in total. The highest BCUT2D eigenvalue weighted by Crippen LogP contribution is 2.33. The van der Waals surface area contributed by atoms with Gasteiger partial charge in [0.25, 0.3) is 0 Å². The normalized spacial score (nSPS) is 27.7. The first-order valence-electron chi connectivity index (χ1n) is 6.86. The second-order valence-corrected chi connectivity index (χ2v) is 5.58. The molecule has 4 heteroatoms. The smallest absolute Gasteiger partial charge is 0.119 e. The van der Waals surface area contributed by atoms with Crippen LogP contribution in [0.25, 0.3) is 0 Å². The van der Waals surface area contributed by atoms with Crippen LogP contribution in [0.3, 0.4) is 0 Å². The monoisotopic (exact) mass is 282 g/mol. The Bertz CT molecular complexity index is 414. The molecule has 106 valence electrons. The molecular formula is C15H23ClN2O. The molecule has 2 fully saturated rings. The highest BCUT2D eigenvalue weighted by Gasteiger charge is 2.37. The van der Waals surface area contributed by atoms with E-state index in [-0.39, 0.29) is 12.4 Å². The molecule has 2 aliphatic heterocycles. The van der Waals surface area contributed by atoms with Crippen LogP contribution in [0.15, 0.2) is 24.3 Å². The lowest BCUT2D eigenvalue weighted by Gasteiger charge is -2.25. The number of fused-ring (bicyclic) bond motifs is 1. The summed E-state index contributed by atoms with van der Waals surface area (Å²) in [7, 11) is 1.73. The molecule has 19 heavy (non-hydrogen) atoms. The van der Waals surface area contributed by atoms with E-state index >= 15 is 0 Å². The van der Waals surface area contributed by atoms with Gasteiger partial charge in [-0.25, -0.2) is 0 Å². The Labute approximate surface area is 121 Å². The van der Waals surface area contributed by atoms with Gasteiger partial charge in [-0.2, -0.15) is 0 Å². The summed E-state index contributed by atoms with van der Waals surface area (Å²) >= 11 is 0. The van der Waals surface area contributed by atoms with Gasteiger partial charge in [0.05, 0.1) is 7.11 Å². The van der Waals surface area contributed by atoms with E-state index in [1.54, 1.807) is 7.11 Å². The first-order valence-corrected chi connectivity index (χ1v) is 6.86. The summed E-state index contributed by atoms with van der Waals surface area (Å²) in [5.41, 5.74) is 1.36. The zero-order chi connectivity index (χ0) is 12.5. The fourth-order valence-electron chi connectivity index (χ4n) is 3.32. The Hall–Kier alpha value is -0.770. The fourth-order valence-corrected chi connectivity index (χ4v) is 3.32. The predicted octanol–water partition coefficient (Wildman–Crippen LogP) is 2.33. The number of nitrogens with zero attached hydrogens (tertiary/aromatic N) is 1. The van der Waals surface area contributed by atoms with Gasteiger partial charge in [0.1, 0.15) is 5.75 Å². The summed E-state index contributed by atoms with van der Waals surface area (Å²) in [6.07, 6.45) is 0. The molecule has 3 rings (SSSR count). The molecule has 1 N–H and O–H groups in total. The van der Waals surface area contributed by atoms with E-state index in [4.69, 9.17) is 4.74 Å². The van der Waals surface area contributed by atoms with E-state index in [1.165, 1.54) is 31.7 Å². The van der Waals surface area contributed by atoms with Gasteiger partial charge in [0.2, 0.25) is 0 Å². The molecule has 0 aliphatic carbocycles. The molecule has 2 aliphatic rings. The largest absolute Gasteiger partial charge is 0.497 e. The van der Waals surface area contributed by atoms with Gasteiger partial charge in [-0.05, 0) is 49.5 Å². The summed E-state index contributed by atoms with van der Waals surface area (Å²) in [5.74, 6) is 2.68. The number of hydrogen-bond acceptors (Lipinski definition) is 3. The molecule has 0 bridgehead atoms. The molecule has 2 saturated heterocycles. The van der Waals surface area contributed by atoms with Gasteiger partial charge >= 0.3 is 0 Å². The summed E-state index contributed by atoms with van der Waals surface area (Å²) in [4.78, 5) is 2.62. The van der Waals surface area contributed by atoms with Crippen molar-refractivity contribution in [3.63, 3.8) is 0 Å². The maximum atomic E-state index is 5.31. The van der Waals surface area contributed by atoms with E-state index < -0.39 is 0 Å². The minimum atomic E-state index is 0. The van der Waals surface area contributed by atoms with Crippen molar-refractivity contribution in [2.75, 3.05) is 33.3 Å². The van der Waals surface area contributed by atoms with Crippen molar-refractivity contribution >= 4 is 12.4 Å². The van der Waals surface area contributed by atoms with Crippen LogP contribution < -0.4 is 10.1 Å². The van der Waals surface area contributed by atoms with Gasteiger partial charge in [-0.15, -0.1) is 12.4 Å². The summed E-state index contributed by atoms with van der Waals surface area (Å²) < 4.78 is 5.31. The van der Waals surface area contributed by atoms with E-state index in [2.05, 4.69) is 35.3 Å². The summed E-state index contributed by atoms with van der Waals surface area (Å²) in [5, 5.41) is 3.50. The molecule has 1 aromatic carbocycles. The van der Waals surface area contributed by atoms with Crippen molar-refractivity contribution in [3.05, 3.63) is 29.8 Å². The lowest BCUT2D eigenvalue weighted by molar-refractivity contribution is 0.243. The highest BCUT2D eigenvalue weighted by molar-refractivity contribution is 5.85. The molecule has 0 amide bonds. The highest BCUT2D eigenvalue weighted by atomic mass is 35.5. The molecule has 0 saturated carbocycles. The minimum absolute atomic E-state index is 0. The third-order valence-electron chi connectivity index (χ3n) is 4.54. The SMILES string of the molecule is COc1cccc(C(C)N2C[C@H]3CNC[C@H]3C2)c1.Cl. The minimum Gasteiger partial charge on any atom is -0.497 e. The molecule has 0 spiro atoms. The van der Waals surface area contributed by atoms with Crippen LogP contribution in [-0.2, 0) is 0 Å². The molecule has 1 aromatic rings. The van der Waals surface area contributed by atoms with Crippen LogP contribution >= 0.6 is 12.4 Å². The number of nitrogens with one attached hydrogen (secondary N) is 1. The molecule has 2 heterocycles. The Kier molecular flexibility index (Phi) is 4.71. The fraction of sp³-hybridized carbons (Fsp3) is 0.600. The van der Waals surface area contributed by atoms with Crippen molar-refractivity contribution in [2.24, 2.45) is 11.8 Å². The quantitative estimate of drug-likeness (QED) is 0.921. The topological polar surface area (TPSA) is 24.5 Å². The number of methoxy groups -OCH3 is 1. The second-order valence-electron chi connectivity index (χ2n) is 5.58. The van der Waals surface area contributed by atoms with Gasteiger partial charge in [-0.3, -0.25) is 4.90 Å². The average molecular weight is 283 g/mol. The summed E-state index contributed by atoms with van der Waals surface area (Å²) in [6, 6.07) is 8.96. The lowest BCUT2D eigenvalue weighted by atomic mass is 10.0. The van der Waals surface area contributed by atoms with Crippen LogP contribution in [0, 0.1) is 11.8 Å². The first kappa shape index (κ1) is 14.6. The third kappa shape index (κ3) is 2.88. The number of halogens is 1. The molecule has 0 radical (unpaired) electrons. The zero-order valence-electron chi connectivity index (χ0n) is 11.6. The molecule has 3 atom stereocenters. The van der Waals surface area contributed by atoms with Crippen molar-refractivity contribution < 1.29 is 4.74 Å². The number of ether oxygens (including phenoxy) is 1. The van der Waals surface area contributed by atoms with E-state index in [9.17, 15) is 0 Å². The number of rotatable bonds is 3. The van der Waals surface area contributed by atoms with Crippen LogP contribution in [0.5, 0.6) is 5.75 Å². The number of hydrogen-bond donors (Lipinski definition) is 1. The molecular weight excluding hydrogens is 260 g/mol. The third-order valence-corrected chi connectivity index (χ3v) is 4.54. The number of likely N-dealkylation sites (tertiary alicyclic amines) is 1. The van der Waals surface area contributed by atoms with Crippen LogP contribution in [0.4, 0.5) is 0 Å². The number of benzene rings is 1. The van der Waals surface area contributed by atoms with Crippen molar-refractivity contribution in [1.82, 2.24) is 10.2 Å². The first-order chi connectivity index (χ1) is 8.78.